The number of rotatable bonds is 5. The summed E-state index contributed by atoms with van der Waals surface area (Å²) in [6.45, 7) is 4.50. The van der Waals surface area contributed by atoms with Gasteiger partial charge >= 0.3 is 0 Å². The number of ketones is 1. The summed E-state index contributed by atoms with van der Waals surface area (Å²) >= 11 is 1.47. The lowest BCUT2D eigenvalue weighted by Crippen LogP contribution is -2.37. The molecule has 2 aromatic rings. The van der Waals surface area contributed by atoms with Crippen molar-refractivity contribution in [1.29, 1.82) is 0 Å². The Morgan fingerprint density at radius 2 is 2.08 bits per heavy atom. The summed E-state index contributed by atoms with van der Waals surface area (Å²) in [5.41, 5.74) is 1.57. The molecule has 0 unspecified atom stereocenters. The molecule has 1 saturated heterocycles. The highest BCUT2D eigenvalue weighted by molar-refractivity contribution is 7.17. The molecule has 1 aromatic carbocycles. The van der Waals surface area contributed by atoms with Crippen molar-refractivity contribution >= 4 is 23.0 Å². The average Bonchev–Trinajstić information content (AvgIpc) is 3.29. The molecule has 1 amide bonds. The van der Waals surface area contributed by atoms with Crippen LogP contribution in [-0.2, 0) is 0 Å². The molecule has 1 aliphatic heterocycles. The molecule has 4 nitrogen and oxygen atoms in total. The van der Waals surface area contributed by atoms with E-state index < -0.39 is 0 Å². The Morgan fingerprint density at radius 3 is 2.80 bits per heavy atom. The van der Waals surface area contributed by atoms with Crippen LogP contribution in [0.4, 0.5) is 0 Å². The number of Topliss-reactive ketones (excluding diaryl/α,β-unsaturated/α-hetero) is 1. The van der Waals surface area contributed by atoms with E-state index in [1.807, 2.05) is 50.2 Å². The maximum absolute atomic E-state index is 12.8. The van der Waals surface area contributed by atoms with E-state index in [9.17, 15) is 14.7 Å². The Kier molecular flexibility index (Phi) is 5.35. The van der Waals surface area contributed by atoms with Gasteiger partial charge in [0.2, 0.25) is 0 Å². The van der Waals surface area contributed by atoms with Gasteiger partial charge in [-0.05, 0) is 42.7 Å². The van der Waals surface area contributed by atoms with Crippen LogP contribution in [0.15, 0.2) is 36.4 Å². The Morgan fingerprint density at radius 1 is 1.28 bits per heavy atom. The second-order valence-corrected chi connectivity index (χ2v) is 7.82. The normalized spacial score (nSPS) is 17.3. The first-order valence-electron chi connectivity index (χ1n) is 8.67. The molecule has 132 valence electrons. The monoisotopic (exact) mass is 357 g/mol. The minimum Gasteiger partial charge on any atom is -0.394 e. The third-order valence-corrected chi connectivity index (χ3v) is 5.76. The number of nitrogens with zero attached hydrogens (tertiary/aromatic N) is 1. The molecule has 3 rings (SSSR count). The standard InChI is InChI=1S/C20H23NO3S/c1-13(2)19(23)18-9-8-17(25-18)14-5-3-6-15(11-14)20(24)21-10-4-7-16(21)12-22/h3,5-6,8-9,11,13,16,22H,4,7,10,12H2,1-2H3/t16-/m0/s1. The summed E-state index contributed by atoms with van der Waals surface area (Å²) in [6.07, 6.45) is 1.79. The molecule has 1 N–H and O–H groups in total. The van der Waals surface area contributed by atoms with Crippen LogP contribution >= 0.6 is 11.3 Å². The Labute approximate surface area is 152 Å². The zero-order valence-electron chi connectivity index (χ0n) is 14.6. The number of amides is 1. The van der Waals surface area contributed by atoms with Gasteiger partial charge in [0.1, 0.15) is 0 Å². The van der Waals surface area contributed by atoms with Crippen molar-refractivity contribution in [2.75, 3.05) is 13.2 Å². The fourth-order valence-electron chi connectivity index (χ4n) is 3.17. The number of likely N-dealkylation sites (tertiary alicyclic amines) is 1. The minimum absolute atomic E-state index is 0.0109. The summed E-state index contributed by atoms with van der Waals surface area (Å²) in [7, 11) is 0. The Balaban J connectivity index is 1.85. The lowest BCUT2D eigenvalue weighted by molar-refractivity contribution is 0.0677. The second-order valence-electron chi connectivity index (χ2n) is 6.74. The van der Waals surface area contributed by atoms with E-state index in [-0.39, 0.29) is 30.3 Å². The van der Waals surface area contributed by atoms with Gasteiger partial charge in [0, 0.05) is 22.9 Å². The number of carbonyl (C=O) groups excluding carboxylic acids is 2. The summed E-state index contributed by atoms with van der Waals surface area (Å²) in [4.78, 5) is 28.4. The van der Waals surface area contributed by atoms with E-state index >= 15 is 0 Å². The van der Waals surface area contributed by atoms with Crippen molar-refractivity contribution < 1.29 is 14.7 Å². The lowest BCUT2D eigenvalue weighted by atomic mass is 10.1. The number of benzene rings is 1. The number of aliphatic hydroxyl groups excluding tert-OH is 1. The Bertz CT molecular complexity index is 781. The fraction of sp³-hybridized carbons (Fsp3) is 0.400. The average molecular weight is 357 g/mol. The largest absolute Gasteiger partial charge is 0.394 e. The molecule has 0 bridgehead atoms. The van der Waals surface area contributed by atoms with Crippen LogP contribution in [0.25, 0.3) is 10.4 Å². The predicted molar refractivity (Wildman–Crippen MR) is 100 cm³/mol. The van der Waals surface area contributed by atoms with Crippen molar-refractivity contribution in [3.05, 3.63) is 46.8 Å². The summed E-state index contributed by atoms with van der Waals surface area (Å²) in [5.74, 6) is 0.0877. The van der Waals surface area contributed by atoms with Gasteiger partial charge in [-0.1, -0.05) is 26.0 Å². The molecule has 25 heavy (non-hydrogen) atoms. The van der Waals surface area contributed by atoms with Crippen LogP contribution in [0.1, 0.15) is 46.7 Å². The number of carbonyl (C=O) groups is 2. The number of thiophene rings is 1. The van der Waals surface area contributed by atoms with Crippen molar-refractivity contribution in [2.45, 2.75) is 32.7 Å². The van der Waals surface area contributed by atoms with Crippen LogP contribution in [0.2, 0.25) is 0 Å². The molecule has 1 aromatic heterocycles. The maximum atomic E-state index is 12.8. The number of aliphatic hydroxyl groups is 1. The first kappa shape index (κ1) is 17.8. The van der Waals surface area contributed by atoms with Crippen LogP contribution in [0.5, 0.6) is 0 Å². The second kappa shape index (κ2) is 7.50. The fourth-order valence-corrected chi connectivity index (χ4v) is 4.26. The van der Waals surface area contributed by atoms with E-state index in [0.29, 0.717) is 12.1 Å². The zero-order chi connectivity index (χ0) is 18.0. The third-order valence-electron chi connectivity index (χ3n) is 4.62. The van der Waals surface area contributed by atoms with Crippen molar-refractivity contribution in [3.63, 3.8) is 0 Å². The molecular formula is C20H23NO3S. The van der Waals surface area contributed by atoms with Gasteiger partial charge < -0.3 is 10.0 Å². The van der Waals surface area contributed by atoms with E-state index in [0.717, 1.165) is 28.2 Å². The predicted octanol–water partition coefficient (Wildman–Crippen LogP) is 3.85. The van der Waals surface area contributed by atoms with Gasteiger partial charge in [-0.15, -0.1) is 11.3 Å². The zero-order valence-corrected chi connectivity index (χ0v) is 15.4. The molecule has 5 heteroatoms. The smallest absolute Gasteiger partial charge is 0.254 e. The van der Waals surface area contributed by atoms with Crippen LogP contribution in [-0.4, -0.2) is 40.9 Å². The molecule has 0 spiro atoms. The summed E-state index contributed by atoms with van der Waals surface area (Å²) in [6, 6.07) is 11.2. The van der Waals surface area contributed by atoms with E-state index in [1.54, 1.807) is 4.90 Å². The lowest BCUT2D eigenvalue weighted by Gasteiger charge is -2.23. The first-order chi connectivity index (χ1) is 12.0. The molecule has 1 atom stereocenters. The summed E-state index contributed by atoms with van der Waals surface area (Å²) in [5, 5.41) is 9.44. The molecule has 0 aliphatic carbocycles. The maximum Gasteiger partial charge on any atom is 0.254 e. The van der Waals surface area contributed by atoms with E-state index in [1.165, 1.54) is 11.3 Å². The SMILES string of the molecule is CC(C)C(=O)c1ccc(-c2cccc(C(=O)N3CCC[C@H]3CO)c2)s1. The van der Waals surface area contributed by atoms with E-state index in [2.05, 4.69) is 0 Å². The Hall–Kier alpha value is -1.98. The van der Waals surface area contributed by atoms with Crippen molar-refractivity contribution in [1.82, 2.24) is 4.90 Å². The molecular weight excluding hydrogens is 334 g/mol. The van der Waals surface area contributed by atoms with Gasteiger partial charge in [0.05, 0.1) is 17.5 Å². The van der Waals surface area contributed by atoms with Gasteiger partial charge in [-0.3, -0.25) is 9.59 Å². The van der Waals surface area contributed by atoms with Gasteiger partial charge in [0.25, 0.3) is 5.91 Å². The molecule has 0 radical (unpaired) electrons. The molecule has 0 saturated carbocycles. The third kappa shape index (κ3) is 3.67. The van der Waals surface area contributed by atoms with Gasteiger partial charge in [-0.25, -0.2) is 0 Å². The highest BCUT2D eigenvalue weighted by atomic mass is 32.1. The van der Waals surface area contributed by atoms with Crippen LogP contribution in [0, 0.1) is 5.92 Å². The molecule has 1 fully saturated rings. The van der Waals surface area contributed by atoms with Gasteiger partial charge in [0.15, 0.2) is 5.78 Å². The van der Waals surface area contributed by atoms with Gasteiger partial charge in [-0.2, -0.15) is 0 Å². The topological polar surface area (TPSA) is 57.6 Å². The minimum atomic E-state index is -0.0758. The van der Waals surface area contributed by atoms with E-state index in [4.69, 9.17) is 0 Å². The van der Waals surface area contributed by atoms with Crippen LogP contribution < -0.4 is 0 Å². The quantitative estimate of drug-likeness (QED) is 0.827. The number of hydrogen-bond donors (Lipinski definition) is 1. The van der Waals surface area contributed by atoms with Crippen molar-refractivity contribution in [2.24, 2.45) is 5.92 Å². The summed E-state index contributed by atoms with van der Waals surface area (Å²) < 4.78 is 0. The van der Waals surface area contributed by atoms with Crippen LogP contribution in [0.3, 0.4) is 0 Å². The first-order valence-corrected chi connectivity index (χ1v) is 9.49. The number of hydrogen-bond acceptors (Lipinski definition) is 4. The molecule has 1 aliphatic rings. The highest BCUT2D eigenvalue weighted by Gasteiger charge is 2.28. The van der Waals surface area contributed by atoms with Crippen molar-refractivity contribution in [3.8, 4) is 10.4 Å². The molecule has 2 heterocycles. The highest BCUT2D eigenvalue weighted by Crippen LogP contribution is 2.30.